The van der Waals surface area contributed by atoms with Gasteiger partial charge in [-0.25, -0.2) is 0 Å². The zero-order valence-corrected chi connectivity index (χ0v) is 16.5. The van der Waals surface area contributed by atoms with Crippen LogP contribution in [0.4, 0.5) is 5.69 Å². The summed E-state index contributed by atoms with van der Waals surface area (Å²) in [5, 5.41) is 8.31. The van der Waals surface area contributed by atoms with Crippen molar-refractivity contribution in [1.29, 1.82) is 0 Å². The molecule has 2 heterocycles. The molecule has 0 aromatic heterocycles. The predicted molar refractivity (Wildman–Crippen MR) is 102 cm³/mol. The van der Waals surface area contributed by atoms with Crippen LogP contribution in [0.2, 0.25) is 0 Å². The number of thioether (sulfide) groups is 1. The number of hydrazone groups is 1. The average molecular weight is 374 g/mol. The zero-order valence-electron chi connectivity index (χ0n) is 15.7. The van der Waals surface area contributed by atoms with Gasteiger partial charge in [-0.15, -0.1) is 5.10 Å². The molecule has 1 aromatic rings. The van der Waals surface area contributed by atoms with Crippen LogP contribution < -0.4 is 10.2 Å². The fraction of sp³-hybridized carbons (Fsp3) is 0.444. The van der Waals surface area contributed by atoms with E-state index in [0.29, 0.717) is 0 Å². The van der Waals surface area contributed by atoms with Crippen LogP contribution in [0.25, 0.3) is 0 Å². The Kier molecular flexibility index (Phi) is 4.34. The Hall–Kier alpha value is -2.35. The second-order valence-corrected chi connectivity index (χ2v) is 8.09. The summed E-state index contributed by atoms with van der Waals surface area (Å²) >= 11 is 1.11. The highest BCUT2D eigenvalue weighted by atomic mass is 32.2. The standard InChI is InChI=1S/C18H22N4O3S/c1-9(2)21-15-11(4)7-10(3)8-14(15)18(16(21)25)22(13(6)24)20-17(26-18)19-12(5)23/h7-9H,1-6H3,(H,19,20,23)/t18-/m1/s1. The lowest BCUT2D eigenvalue weighted by Gasteiger charge is -2.30. The smallest absolute Gasteiger partial charge is 0.271 e. The van der Waals surface area contributed by atoms with Crippen molar-refractivity contribution in [3.63, 3.8) is 0 Å². The fourth-order valence-electron chi connectivity index (χ4n) is 3.57. The van der Waals surface area contributed by atoms with Crippen LogP contribution in [-0.2, 0) is 19.3 Å². The van der Waals surface area contributed by atoms with E-state index in [2.05, 4.69) is 10.4 Å². The third-order valence-corrected chi connectivity index (χ3v) is 5.63. The summed E-state index contributed by atoms with van der Waals surface area (Å²) in [6, 6.07) is 3.87. The van der Waals surface area contributed by atoms with Gasteiger partial charge in [0.2, 0.25) is 16.7 Å². The molecule has 138 valence electrons. The monoisotopic (exact) mass is 374 g/mol. The number of aryl methyl sites for hydroxylation is 2. The first-order chi connectivity index (χ1) is 12.1. The van der Waals surface area contributed by atoms with E-state index in [1.165, 1.54) is 18.9 Å². The topological polar surface area (TPSA) is 82.1 Å². The molecule has 0 saturated heterocycles. The van der Waals surface area contributed by atoms with Gasteiger partial charge in [-0.1, -0.05) is 17.7 Å². The van der Waals surface area contributed by atoms with Gasteiger partial charge < -0.3 is 10.2 Å². The lowest BCUT2D eigenvalue weighted by Crippen LogP contribution is -2.50. The minimum Gasteiger partial charge on any atom is -0.306 e. The van der Waals surface area contributed by atoms with Crippen LogP contribution >= 0.6 is 11.8 Å². The molecule has 1 atom stereocenters. The Labute approximate surface area is 156 Å². The van der Waals surface area contributed by atoms with Crippen molar-refractivity contribution in [2.24, 2.45) is 5.10 Å². The second kappa shape index (κ2) is 6.12. The maximum Gasteiger partial charge on any atom is 0.271 e. The van der Waals surface area contributed by atoms with Crippen molar-refractivity contribution in [2.45, 2.75) is 52.5 Å². The summed E-state index contributed by atoms with van der Waals surface area (Å²) in [5.41, 5.74) is 3.51. The summed E-state index contributed by atoms with van der Waals surface area (Å²) in [7, 11) is 0. The summed E-state index contributed by atoms with van der Waals surface area (Å²) in [4.78, 5) is 37.8. The first-order valence-electron chi connectivity index (χ1n) is 8.41. The molecule has 0 unspecified atom stereocenters. The molecule has 7 nitrogen and oxygen atoms in total. The van der Waals surface area contributed by atoms with Crippen molar-refractivity contribution in [2.75, 3.05) is 4.90 Å². The molecule has 2 aliphatic heterocycles. The van der Waals surface area contributed by atoms with Gasteiger partial charge in [-0.05, 0) is 45.0 Å². The highest BCUT2D eigenvalue weighted by Crippen LogP contribution is 2.56. The van der Waals surface area contributed by atoms with Gasteiger partial charge in [-0.2, -0.15) is 5.01 Å². The number of anilines is 1. The van der Waals surface area contributed by atoms with Gasteiger partial charge in [0, 0.05) is 25.5 Å². The molecule has 1 N–H and O–H groups in total. The third-order valence-electron chi connectivity index (χ3n) is 4.39. The van der Waals surface area contributed by atoms with Gasteiger partial charge in [0.1, 0.15) is 0 Å². The SMILES string of the molecule is CC(=O)NC1=NN(C(C)=O)[C@]2(S1)C(=O)N(C(C)C)c1c(C)cc(C)cc12. The number of rotatable bonds is 1. The Morgan fingerprint density at radius 1 is 1.23 bits per heavy atom. The first kappa shape index (κ1) is 18.4. The maximum absolute atomic E-state index is 13.6. The van der Waals surface area contributed by atoms with Crippen LogP contribution in [0.5, 0.6) is 0 Å². The molecule has 0 saturated carbocycles. The minimum atomic E-state index is -1.32. The number of amidine groups is 1. The largest absolute Gasteiger partial charge is 0.306 e. The number of carbonyl (C=O) groups is 3. The summed E-state index contributed by atoms with van der Waals surface area (Å²) in [5.74, 6) is -0.883. The number of carbonyl (C=O) groups excluding carboxylic acids is 3. The highest BCUT2D eigenvalue weighted by Gasteiger charge is 2.61. The quantitative estimate of drug-likeness (QED) is 0.817. The molecule has 0 fully saturated rings. The molecule has 3 amide bonds. The summed E-state index contributed by atoms with van der Waals surface area (Å²) in [6.45, 7) is 10.5. The molecule has 2 aliphatic rings. The maximum atomic E-state index is 13.6. The minimum absolute atomic E-state index is 0.0822. The lowest BCUT2D eigenvalue weighted by molar-refractivity contribution is -0.139. The highest BCUT2D eigenvalue weighted by molar-refractivity contribution is 8.15. The van der Waals surface area contributed by atoms with Gasteiger partial charge >= 0.3 is 0 Å². The van der Waals surface area contributed by atoms with Gasteiger partial charge in [0.25, 0.3) is 5.91 Å². The Morgan fingerprint density at radius 3 is 2.42 bits per heavy atom. The second-order valence-electron chi connectivity index (χ2n) is 6.91. The van der Waals surface area contributed by atoms with Gasteiger partial charge in [0.15, 0.2) is 5.17 Å². The van der Waals surface area contributed by atoms with Crippen LogP contribution in [0.3, 0.4) is 0 Å². The van der Waals surface area contributed by atoms with Gasteiger partial charge in [-0.3, -0.25) is 14.4 Å². The molecule has 1 spiro atoms. The zero-order chi connectivity index (χ0) is 19.4. The third kappa shape index (κ3) is 2.51. The number of hydrogen-bond donors (Lipinski definition) is 1. The predicted octanol–water partition coefficient (Wildman–Crippen LogP) is 2.21. The van der Waals surface area contributed by atoms with Crippen molar-refractivity contribution in [3.8, 4) is 0 Å². The van der Waals surface area contributed by atoms with Crippen LogP contribution in [-0.4, -0.2) is 33.9 Å². The van der Waals surface area contributed by atoms with E-state index in [0.717, 1.165) is 34.1 Å². The van der Waals surface area contributed by atoms with E-state index in [9.17, 15) is 14.4 Å². The molecule has 26 heavy (non-hydrogen) atoms. The molecular formula is C18H22N4O3S. The van der Waals surface area contributed by atoms with Gasteiger partial charge in [0.05, 0.1) is 5.69 Å². The van der Waals surface area contributed by atoms with Crippen molar-refractivity contribution < 1.29 is 14.4 Å². The Bertz CT molecular complexity index is 864. The van der Waals surface area contributed by atoms with Crippen molar-refractivity contribution in [3.05, 3.63) is 28.8 Å². The van der Waals surface area contributed by atoms with Crippen LogP contribution in [0, 0.1) is 13.8 Å². The summed E-state index contributed by atoms with van der Waals surface area (Å²) < 4.78 is 0. The Morgan fingerprint density at radius 2 is 1.88 bits per heavy atom. The van der Waals surface area contributed by atoms with E-state index in [1.807, 2.05) is 39.8 Å². The van der Waals surface area contributed by atoms with E-state index in [1.54, 1.807) is 4.90 Å². The first-order valence-corrected chi connectivity index (χ1v) is 9.22. The van der Waals surface area contributed by atoms with E-state index in [4.69, 9.17) is 0 Å². The molecule has 1 aromatic carbocycles. The lowest BCUT2D eigenvalue weighted by atomic mass is 10.0. The number of nitrogens with zero attached hydrogens (tertiary/aromatic N) is 3. The van der Waals surface area contributed by atoms with Crippen LogP contribution in [0.1, 0.15) is 44.4 Å². The normalized spacial score (nSPS) is 21.5. The molecule has 8 heteroatoms. The molecule has 0 bridgehead atoms. The van der Waals surface area contributed by atoms with E-state index in [-0.39, 0.29) is 28.9 Å². The number of hydrogen-bond acceptors (Lipinski definition) is 5. The molecular weight excluding hydrogens is 352 g/mol. The number of fused-ring (bicyclic) bond motifs is 2. The van der Waals surface area contributed by atoms with E-state index >= 15 is 0 Å². The van der Waals surface area contributed by atoms with Crippen molar-refractivity contribution >= 4 is 40.3 Å². The van der Waals surface area contributed by atoms with Crippen molar-refractivity contribution in [1.82, 2.24) is 10.3 Å². The van der Waals surface area contributed by atoms with Crippen LogP contribution in [0.15, 0.2) is 17.2 Å². The Balaban J connectivity index is 2.26. The van der Waals surface area contributed by atoms with E-state index < -0.39 is 4.87 Å². The molecule has 3 rings (SSSR count). The molecule has 0 radical (unpaired) electrons. The number of benzene rings is 1. The fourth-order valence-corrected chi connectivity index (χ4v) is 4.88. The average Bonchev–Trinajstić information content (AvgIpc) is 2.98. The number of amides is 3. The number of nitrogens with one attached hydrogen (secondary N) is 1. The molecule has 0 aliphatic carbocycles. The summed E-state index contributed by atoms with van der Waals surface area (Å²) in [6.07, 6.45) is 0.